The van der Waals surface area contributed by atoms with Crippen LogP contribution in [0.2, 0.25) is 5.02 Å². The summed E-state index contributed by atoms with van der Waals surface area (Å²) in [7, 11) is 0. The first kappa shape index (κ1) is 15.4. The molecule has 0 saturated carbocycles. The van der Waals surface area contributed by atoms with Gasteiger partial charge in [-0.25, -0.2) is 4.98 Å². The summed E-state index contributed by atoms with van der Waals surface area (Å²) in [5.74, 6) is 0.682. The monoisotopic (exact) mass is 343 g/mol. The molecule has 3 heterocycles. The van der Waals surface area contributed by atoms with E-state index in [0.29, 0.717) is 34.3 Å². The van der Waals surface area contributed by atoms with E-state index in [1.54, 1.807) is 18.2 Å². The number of hydrogen-bond donors (Lipinski definition) is 1. The highest BCUT2D eigenvalue weighted by molar-refractivity contribution is 6.31. The van der Waals surface area contributed by atoms with Crippen molar-refractivity contribution in [2.24, 2.45) is 0 Å². The predicted octanol–water partition coefficient (Wildman–Crippen LogP) is 2.45. The summed E-state index contributed by atoms with van der Waals surface area (Å²) in [6, 6.07) is 7.67. The minimum atomic E-state index is -0.145. The average Bonchev–Trinajstić information content (AvgIpc) is 2.81. The molecular weight excluding hydrogens is 326 g/mol. The smallest absolute Gasteiger partial charge is 0.258 e. The van der Waals surface area contributed by atoms with Crippen molar-refractivity contribution in [3.8, 4) is 0 Å². The Morgan fingerprint density at radius 1 is 1.29 bits per heavy atom. The quantitative estimate of drug-likeness (QED) is 0.793. The van der Waals surface area contributed by atoms with Crippen LogP contribution in [0.3, 0.4) is 0 Å². The van der Waals surface area contributed by atoms with E-state index in [1.165, 1.54) is 5.69 Å². The van der Waals surface area contributed by atoms with Crippen LogP contribution in [0.25, 0.3) is 10.9 Å². The Kier molecular flexibility index (Phi) is 3.66. The molecule has 1 N–H and O–H groups in total. The maximum Gasteiger partial charge on any atom is 0.258 e. The Hall–Kier alpha value is -2.18. The van der Waals surface area contributed by atoms with Gasteiger partial charge in [0.2, 0.25) is 0 Å². The van der Waals surface area contributed by atoms with Gasteiger partial charge >= 0.3 is 0 Å². The second kappa shape index (κ2) is 5.72. The van der Waals surface area contributed by atoms with Gasteiger partial charge in [-0.15, -0.1) is 0 Å². The van der Waals surface area contributed by atoms with E-state index in [0.717, 1.165) is 18.8 Å². The van der Waals surface area contributed by atoms with Crippen molar-refractivity contribution in [1.82, 2.24) is 24.6 Å². The van der Waals surface area contributed by atoms with E-state index < -0.39 is 0 Å². The molecule has 1 saturated heterocycles. The van der Waals surface area contributed by atoms with Crippen molar-refractivity contribution >= 4 is 22.5 Å². The number of nitrogens with zero attached hydrogens (tertiary/aromatic N) is 4. The normalized spacial score (nSPS) is 15.8. The fraction of sp³-hybridized carbons (Fsp3) is 0.353. The number of fused-ring (bicyclic) bond motifs is 1. The summed E-state index contributed by atoms with van der Waals surface area (Å²) < 4.78 is 2.09. The molecular formula is C17H18ClN5O. The van der Waals surface area contributed by atoms with E-state index >= 15 is 0 Å². The fourth-order valence-corrected chi connectivity index (χ4v) is 3.46. The van der Waals surface area contributed by atoms with Gasteiger partial charge in [0.1, 0.15) is 5.82 Å². The van der Waals surface area contributed by atoms with E-state index in [1.807, 2.05) is 6.92 Å². The lowest BCUT2D eigenvalue weighted by Crippen LogP contribution is -2.48. The highest BCUT2D eigenvalue weighted by Crippen LogP contribution is 2.24. The van der Waals surface area contributed by atoms with Gasteiger partial charge in [-0.3, -0.25) is 14.4 Å². The molecule has 2 aromatic heterocycles. The molecule has 0 spiro atoms. The Balaban J connectivity index is 1.49. The number of aromatic amines is 1. The van der Waals surface area contributed by atoms with Gasteiger partial charge in [0, 0.05) is 23.8 Å². The molecule has 24 heavy (non-hydrogen) atoms. The van der Waals surface area contributed by atoms with Gasteiger partial charge in [0.15, 0.2) is 0 Å². The highest BCUT2D eigenvalue weighted by atomic mass is 35.5. The summed E-state index contributed by atoms with van der Waals surface area (Å²) >= 11 is 5.94. The largest absolute Gasteiger partial charge is 0.309 e. The van der Waals surface area contributed by atoms with Crippen molar-refractivity contribution in [3.63, 3.8) is 0 Å². The van der Waals surface area contributed by atoms with Crippen LogP contribution in [0.1, 0.15) is 23.3 Å². The topological polar surface area (TPSA) is 66.8 Å². The second-order valence-electron chi connectivity index (χ2n) is 6.39. The van der Waals surface area contributed by atoms with Crippen LogP contribution < -0.4 is 5.56 Å². The minimum absolute atomic E-state index is 0.145. The summed E-state index contributed by atoms with van der Waals surface area (Å²) in [5.41, 5.74) is 2.76. The fourth-order valence-electron chi connectivity index (χ4n) is 3.29. The molecule has 4 rings (SSSR count). The van der Waals surface area contributed by atoms with Gasteiger partial charge in [-0.1, -0.05) is 11.6 Å². The summed E-state index contributed by atoms with van der Waals surface area (Å²) in [6.07, 6.45) is 0. The van der Waals surface area contributed by atoms with Crippen molar-refractivity contribution in [1.29, 1.82) is 0 Å². The van der Waals surface area contributed by atoms with Crippen molar-refractivity contribution in [2.45, 2.75) is 26.4 Å². The standard InChI is InChI=1S/C17H18ClN5O/c1-10-5-11(2)23(21-10)13-7-22(8-13)9-16-19-15-4-3-12(18)6-14(15)17(24)20-16/h3-6,13H,7-9H2,1-2H3,(H,19,20,24). The lowest BCUT2D eigenvalue weighted by Gasteiger charge is -2.39. The van der Waals surface area contributed by atoms with Crippen LogP contribution in [0.15, 0.2) is 29.1 Å². The number of aromatic nitrogens is 4. The van der Waals surface area contributed by atoms with Crippen molar-refractivity contribution in [3.05, 3.63) is 56.9 Å². The highest BCUT2D eigenvalue weighted by Gasteiger charge is 2.30. The summed E-state index contributed by atoms with van der Waals surface area (Å²) in [6.45, 7) is 6.53. The Labute approximate surface area is 144 Å². The molecule has 0 bridgehead atoms. The van der Waals surface area contributed by atoms with Crippen molar-refractivity contribution < 1.29 is 0 Å². The molecule has 1 aliphatic heterocycles. The zero-order chi connectivity index (χ0) is 16.8. The number of hydrogen-bond acceptors (Lipinski definition) is 4. The zero-order valence-electron chi connectivity index (χ0n) is 13.6. The molecule has 0 radical (unpaired) electrons. The molecule has 0 amide bonds. The van der Waals surface area contributed by atoms with Gasteiger partial charge < -0.3 is 4.98 Å². The molecule has 0 unspecified atom stereocenters. The third kappa shape index (κ3) is 2.72. The minimum Gasteiger partial charge on any atom is -0.309 e. The van der Waals surface area contributed by atoms with Crippen LogP contribution in [0.5, 0.6) is 0 Å². The van der Waals surface area contributed by atoms with E-state index in [9.17, 15) is 4.79 Å². The lowest BCUT2D eigenvalue weighted by molar-refractivity contribution is 0.0866. The first-order chi connectivity index (χ1) is 11.5. The third-order valence-electron chi connectivity index (χ3n) is 4.42. The maximum atomic E-state index is 12.2. The number of nitrogens with one attached hydrogen (secondary N) is 1. The van der Waals surface area contributed by atoms with Crippen LogP contribution in [0.4, 0.5) is 0 Å². The van der Waals surface area contributed by atoms with Gasteiger partial charge in [0.25, 0.3) is 5.56 Å². The zero-order valence-corrected chi connectivity index (χ0v) is 14.3. The van der Waals surface area contributed by atoms with Crippen LogP contribution in [-0.4, -0.2) is 37.7 Å². The molecule has 7 heteroatoms. The SMILES string of the molecule is Cc1cc(C)n(C2CN(Cc3nc4ccc(Cl)cc4c(=O)[nH]3)C2)n1. The Bertz CT molecular complexity index is 971. The van der Waals surface area contributed by atoms with Crippen LogP contribution in [-0.2, 0) is 6.54 Å². The van der Waals surface area contributed by atoms with Crippen LogP contribution >= 0.6 is 11.6 Å². The molecule has 1 aliphatic rings. The number of benzene rings is 1. The number of halogens is 1. The number of aryl methyl sites for hydroxylation is 2. The summed E-state index contributed by atoms with van der Waals surface area (Å²) in [5, 5.41) is 5.60. The molecule has 1 aromatic carbocycles. The Morgan fingerprint density at radius 3 is 2.79 bits per heavy atom. The average molecular weight is 344 g/mol. The number of rotatable bonds is 3. The molecule has 0 atom stereocenters. The predicted molar refractivity (Wildman–Crippen MR) is 93.4 cm³/mol. The maximum absolute atomic E-state index is 12.2. The molecule has 6 nitrogen and oxygen atoms in total. The Morgan fingerprint density at radius 2 is 2.08 bits per heavy atom. The van der Waals surface area contributed by atoms with Gasteiger partial charge in [0.05, 0.1) is 29.2 Å². The summed E-state index contributed by atoms with van der Waals surface area (Å²) in [4.78, 5) is 21.8. The van der Waals surface area contributed by atoms with Gasteiger partial charge in [-0.2, -0.15) is 5.10 Å². The third-order valence-corrected chi connectivity index (χ3v) is 4.65. The number of H-pyrrole nitrogens is 1. The van der Waals surface area contributed by atoms with E-state index in [4.69, 9.17) is 11.6 Å². The molecule has 3 aromatic rings. The first-order valence-corrected chi connectivity index (χ1v) is 8.31. The van der Waals surface area contributed by atoms with Crippen LogP contribution in [0, 0.1) is 13.8 Å². The van der Waals surface area contributed by atoms with Crippen molar-refractivity contribution in [2.75, 3.05) is 13.1 Å². The first-order valence-electron chi connectivity index (χ1n) is 7.93. The molecule has 1 fully saturated rings. The lowest BCUT2D eigenvalue weighted by atomic mass is 10.1. The molecule has 0 aliphatic carbocycles. The molecule has 124 valence electrons. The number of likely N-dealkylation sites (tertiary alicyclic amines) is 1. The van der Waals surface area contributed by atoms with E-state index in [2.05, 4.69) is 37.6 Å². The van der Waals surface area contributed by atoms with Gasteiger partial charge in [-0.05, 0) is 38.1 Å². The van der Waals surface area contributed by atoms with E-state index in [-0.39, 0.29) is 5.56 Å². The second-order valence-corrected chi connectivity index (χ2v) is 6.83.